The number of furan rings is 1. The van der Waals surface area contributed by atoms with Gasteiger partial charge in [0.05, 0.1) is 34.1 Å². The van der Waals surface area contributed by atoms with Crippen molar-refractivity contribution >= 4 is 54.8 Å². The second-order valence-electron chi connectivity index (χ2n) is 9.91. The Morgan fingerprint density at radius 1 is 0.860 bits per heavy atom. The number of aromatic nitrogens is 2. The number of fused-ring (bicyclic) bond motifs is 3. The number of methoxy groups -OCH3 is 1. The maximum Gasteiger partial charge on any atom is 0.282 e. The lowest BCUT2D eigenvalue weighted by molar-refractivity contribution is 0.305. The lowest BCUT2D eigenvalue weighted by atomic mass is 10.1. The van der Waals surface area contributed by atoms with Gasteiger partial charge in [-0.2, -0.15) is 9.78 Å². The van der Waals surface area contributed by atoms with Crippen LogP contribution in [0, 0.1) is 0 Å². The molecule has 0 unspecified atom stereocenters. The zero-order chi connectivity index (χ0) is 29.3. The Hall–Kier alpha value is -5.21. The van der Waals surface area contributed by atoms with Crippen LogP contribution in [0.4, 0.5) is 0 Å². The first kappa shape index (κ1) is 26.7. The van der Waals surface area contributed by atoms with E-state index in [2.05, 4.69) is 45.3 Å². The Kier molecular flexibility index (Phi) is 6.96. The van der Waals surface area contributed by atoms with E-state index in [1.807, 2.05) is 66.7 Å². The van der Waals surface area contributed by atoms with Gasteiger partial charge in [0.2, 0.25) is 5.82 Å². The van der Waals surface area contributed by atoms with Gasteiger partial charge >= 0.3 is 0 Å². The molecule has 0 aliphatic heterocycles. The fourth-order valence-electron chi connectivity index (χ4n) is 5.13. The van der Waals surface area contributed by atoms with Crippen molar-refractivity contribution in [2.75, 3.05) is 7.11 Å². The minimum atomic E-state index is -0.307. The molecule has 0 saturated heterocycles. The molecule has 0 amide bonds. The summed E-state index contributed by atoms with van der Waals surface area (Å²) in [6.45, 7) is 0.428. The Labute approximate surface area is 254 Å². The van der Waals surface area contributed by atoms with Gasteiger partial charge < -0.3 is 13.9 Å². The molecule has 0 fully saturated rings. The highest BCUT2D eigenvalue weighted by atomic mass is 79.9. The summed E-state index contributed by atoms with van der Waals surface area (Å²) in [4.78, 5) is 18.4. The van der Waals surface area contributed by atoms with Crippen LogP contribution in [0.2, 0.25) is 0 Å². The summed E-state index contributed by atoms with van der Waals surface area (Å²) in [5.41, 5.74) is 2.74. The van der Waals surface area contributed by atoms with E-state index in [4.69, 9.17) is 18.9 Å². The summed E-state index contributed by atoms with van der Waals surface area (Å²) in [5.74, 6) is 2.05. The van der Waals surface area contributed by atoms with E-state index in [0.29, 0.717) is 40.4 Å². The Morgan fingerprint density at radius 3 is 2.51 bits per heavy atom. The number of rotatable bonds is 7. The number of ether oxygens (including phenoxy) is 2. The topological polar surface area (TPSA) is 78.9 Å². The molecule has 8 heteroatoms. The van der Waals surface area contributed by atoms with Gasteiger partial charge in [0.1, 0.15) is 23.7 Å². The number of halogens is 1. The van der Waals surface area contributed by atoms with Gasteiger partial charge in [0.25, 0.3) is 5.56 Å². The molecule has 0 aliphatic carbocycles. The van der Waals surface area contributed by atoms with Crippen molar-refractivity contribution in [2.24, 2.45) is 5.10 Å². The van der Waals surface area contributed by atoms with Crippen molar-refractivity contribution in [1.82, 2.24) is 9.66 Å². The van der Waals surface area contributed by atoms with Crippen molar-refractivity contribution in [3.63, 3.8) is 0 Å². The molecule has 43 heavy (non-hydrogen) atoms. The zero-order valence-corrected chi connectivity index (χ0v) is 24.6. The fourth-order valence-corrected chi connectivity index (χ4v) is 5.64. The molecule has 0 bridgehead atoms. The number of benzene rings is 5. The van der Waals surface area contributed by atoms with Crippen LogP contribution in [-0.2, 0) is 6.61 Å². The minimum Gasteiger partial charge on any atom is -0.496 e. The lowest BCUT2D eigenvalue weighted by Gasteiger charge is -2.11. The minimum absolute atomic E-state index is 0.285. The Bertz CT molecular complexity index is 2230. The van der Waals surface area contributed by atoms with Crippen LogP contribution in [0.5, 0.6) is 11.5 Å². The van der Waals surface area contributed by atoms with Crippen molar-refractivity contribution < 1.29 is 13.9 Å². The summed E-state index contributed by atoms with van der Waals surface area (Å²) in [6, 6.07) is 34.7. The monoisotopic (exact) mass is 629 g/mol. The summed E-state index contributed by atoms with van der Waals surface area (Å²) in [7, 11) is 1.61. The van der Waals surface area contributed by atoms with E-state index < -0.39 is 0 Å². The highest BCUT2D eigenvalue weighted by Gasteiger charge is 2.18. The molecule has 7 rings (SSSR count). The van der Waals surface area contributed by atoms with Gasteiger partial charge in [-0.15, -0.1) is 0 Å². The summed E-state index contributed by atoms with van der Waals surface area (Å²) in [6.07, 6.45) is 1.61. The van der Waals surface area contributed by atoms with Crippen LogP contribution >= 0.6 is 15.9 Å². The van der Waals surface area contributed by atoms with Gasteiger partial charge in [-0.1, -0.05) is 60.7 Å². The number of hydrogen-bond acceptors (Lipinski definition) is 6. The van der Waals surface area contributed by atoms with E-state index in [9.17, 15) is 4.79 Å². The van der Waals surface area contributed by atoms with Crippen LogP contribution < -0.4 is 15.0 Å². The third-order valence-electron chi connectivity index (χ3n) is 7.26. The number of para-hydroxylation sites is 1. The van der Waals surface area contributed by atoms with Crippen molar-refractivity contribution in [3.05, 3.63) is 135 Å². The van der Waals surface area contributed by atoms with E-state index in [-0.39, 0.29) is 11.4 Å². The van der Waals surface area contributed by atoms with Gasteiger partial charge in [-0.25, -0.2) is 4.98 Å². The quantitative estimate of drug-likeness (QED) is 0.166. The smallest absolute Gasteiger partial charge is 0.282 e. The molecular weight excluding hydrogens is 606 g/mol. The standard InChI is InChI=1S/C35H24BrN3O4/c1-41-30-14-7-15-31-27(30)19-33(43-31)34-38-29-13-5-4-12-26(29)35(40)39(34)37-20-22-16-17-32(28(36)18-22)42-21-24-10-6-9-23-8-2-3-11-25(23)24/h2-20H,21H2,1H3. The normalized spacial score (nSPS) is 11.6. The van der Waals surface area contributed by atoms with Crippen molar-refractivity contribution in [3.8, 4) is 23.1 Å². The molecule has 7 aromatic rings. The lowest BCUT2D eigenvalue weighted by Crippen LogP contribution is -2.20. The second kappa shape index (κ2) is 11.2. The van der Waals surface area contributed by atoms with Crippen LogP contribution in [0.3, 0.4) is 0 Å². The first-order valence-corrected chi connectivity index (χ1v) is 14.4. The van der Waals surface area contributed by atoms with Gasteiger partial charge in [0, 0.05) is 0 Å². The molecule has 2 heterocycles. The third kappa shape index (κ3) is 5.06. The van der Waals surface area contributed by atoms with Gasteiger partial charge in [-0.3, -0.25) is 4.79 Å². The maximum absolute atomic E-state index is 13.6. The van der Waals surface area contributed by atoms with E-state index in [1.54, 1.807) is 31.5 Å². The van der Waals surface area contributed by atoms with Gasteiger partial charge in [0.15, 0.2) is 5.76 Å². The summed E-state index contributed by atoms with van der Waals surface area (Å²) < 4.78 is 19.8. The molecule has 0 radical (unpaired) electrons. The fraction of sp³-hybridized carbons (Fsp3) is 0.0571. The Balaban J connectivity index is 1.22. The van der Waals surface area contributed by atoms with E-state index >= 15 is 0 Å². The molecule has 2 aromatic heterocycles. The molecule has 5 aromatic carbocycles. The second-order valence-corrected chi connectivity index (χ2v) is 10.8. The van der Waals surface area contributed by atoms with Crippen LogP contribution in [0.1, 0.15) is 11.1 Å². The predicted molar refractivity (Wildman–Crippen MR) is 173 cm³/mol. The molecule has 0 atom stereocenters. The molecule has 7 nitrogen and oxygen atoms in total. The summed E-state index contributed by atoms with van der Waals surface area (Å²) in [5, 5.41) is 8.15. The molecule has 0 aliphatic rings. The SMILES string of the molecule is COc1cccc2oc(-c3nc4ccccc4c(=O)n3N=Cc3ccc(OCc4cccc5ccccc45)c(Br)c3)cc12. The summed E-state index contributed by atoms with van der Waals surface area (Å²) >= 11 is 3.63. The highest BCUT2D eigenvalue weighted by molar-refractivity contribution is 9.10. The first-order chi connectivity index (χ1) is 21.1. The first-order valence-electron chi connectivity index (χ1n) is 13.6. The van der Waals surface area contributed by atoms with E-state index in [1.165, 1.54) is 10.1 Å². The Morgan fingerprint density at radius 2 is 1.65 bits per heavy atom. The average Bonchev–Trinajstić information content (AvgIpc) is 3.48. The van der Waals surface area contributed by atoms with Crippen LogP contribution in [0.15, 0.2) is 128 Å². The highest BCUT2D eigenvalue weighted by Crippen LogP contribution is 2.33. The van der Waals surface area contributed by atoms with Crippen molar-refractivity contribution in [2.45, 2.75) is 6.61 Å². The maximum atomic E-state index is 13.6. The number of hydrogen-bond donors (Lipinski definition) is 0. The molecule has 0 N–H and O–H groups in total. The van der Waals surface area contributed by atoms with Crippen LogP contribution in [0.25, 0.3) is 44.2 Å². The van der Waals surface area contributed by atoms with Crippen molar-refractivity contribution in [1.29, 1.82) is 0 Å². The molecule has 210 valence electrons. The predicted octanol–water partition coefficient (Wildman–Crippen LogP) is 8.20. The largest absolute Gasteiger partial charge is 0.496 e. The molecule has 0 spiro atoms. The third-order valence-corrected chi connectivity index (χ3v) is 7.88. The average molecular weight is 630 g/mol. The van der Waals surface area contributed by atoms with Crippen LogP contribution in [-0.4, -0.2) is 23.0 Å². The van der Waals surface area contributed by atoms with E-state index in [0.717, 1.165) is 26.4 Å². The molecular formula is C35H24BrN3O4. The van der Waals surface area contributed by atoms with Gasteiger partial charge in [-0.05, 0) is 86.4 Å². The molecule has 0 saturated carbocycles. The number of nitrogens with zero attached hydrogens (tertiary/aromatic N) is 3. The zero-order valence-electron chi connectivity index (χ0n) is 23.0.